The molecule has 0 spiro atoms. The van der Waals surface area contributed by atoms with Gasteiger partial charge in [-0.1, -0.05) is 23.7 Å². The lowest BCUT2D eigenvalue weighted by atomic mass is 10.2. The van der Waals surface area contributed by atoms with Gasteiger partial charge in [0.15, 0.2) is 0 Å². The van der Waals surface area contributed by atoms with E-state index in [1.165, 1.54) is 6.07 Å². The highest BCUT2D eigenvalue weighted by Crippen LogP contribution is 2.15. The number of anilines is 1. The van der Waals surface area contributed by atoms with Crippen molar-refractivity contribution in [1.82, 2.24) is 15.5 Å². The van der Waals surface area contributed by atoms with Crippen molar-refractivity contribution >= 4 is 23.3 Å². The van der Waals surface area contributed by atoms with E-state index in [9.17, 15) is 4.79 Å². The Kier molecular flexibility index (Phi) is 5.16. The van der Waals surface area contributed by atoms with Crippen LogP contribution in [0.1, 0.15) is 35.2 Å². The van der Waals surface area contributed by atoms with Crippen LogP contribution >= 0.6 is 11.6 Å². The number of aromatic nitrogens is 2. The smallest absolute Gasteiger partial charge is 0.251 e. The zero-order valence-electron chi connectivity index (χ0n) is 11.9. The molecule has 0 aliphatic carbocycles. The lowest BCUT2D eigenvalue weighted by Crippen LogP contribution is -2.23. The molecule has 0 aliphatic rings. The van der Waals surface area contributed by atoms with Gasteiger partial charge >= 0.3 is 0 Å². The Hall–Kier alpha value is -2.08. The van der Waals surface area contributed by atoms with E-state index in [1.54, 1.807) is 19.1 Å². The standard InChI is InChI=1S/C14H17ClN4O2/c1-3-4-16-13-7-10(6-12(15)18-13)14(20)17-8-11-5-9(2)21-19-11/h5-7H,3-4,8H2,1-2H3,(H,16,18)(H,17,20). The van der Waals surface area contributed by atoms with Crippen LogP contribution in [0.4, 0.5) is 5.82 Å². The minimum Gasteiger partial charge on any atom is -0.370 e. The van der Waals surface area contributed by atoms with Crippen LogP contribution in [0.15, 0.2) is 22.7 Å². The molecule has 2 aromatic rings. The molecule has 0 bridgehead atoms. The normalized spacial score (nSPS) is 10.4. The van der Waals surface area contributed by atoms with Crippen LogP contribution in [-0.4, -0.2) is 22.6 Å². The highest BCUT2D eigenvalue weighted by Gasteiger charge is 2.10. The van der Waals surface area contributed by atoms with Gasteiger partial charge in [-0.25, -0.2) is 4.98 Å². The summed E-state index contributed by atoms with van der Waals surface area (Å²) in [4.78, 5) is 16.2. The van der Waals surface area contributed by atoms with E-state index in [0.29, 0.717) is 29.4 Å². The van der Waals surface area contributed by atoms with Crippen LogP contribution in [0, 0.1) is 6.92 Å². The van der Waals surface area contributed by atoms with Crippen LogP contribution < -0.4 is 10.6 Å². The van der Waals surface area contributed by atoms with Gasteiger partial charge in [-0.15, -0.1) is 0 Å². The highest BCUT2D eigenvalue weighted by atomic mass is 35.5. The first-order chi connectivity index (χ1) is 10.1. The van der Waals surface area contributed by atoms with Gasteiger partial charge < -0.3 is 15.2 Å². The fraction of sp³-hybridized carbons (Fsp3) is 0.357. The minimum atomic E-state index is -0.237. The number of amides is 1. The molecule has 2 N–H and O–H groups in total. The molecule has 0 fully saturated rings. The average Bonchev–Trinajstić information content (AvgIpc) is 2.87. The van der Waals surface area contributed by atoms with Gasteiger partial charge in [-0.2, -0.15) is 0 Å². The molecule has 0 aromatic carbocycles. The van der Waals surface area contributed by atoms with E-state index in [1.807, 2.05) is 6.92 Å². The summed E-state index contributed by atoms with van der Waals surface area (Å²) in [6.45, 7) is 4.91. The molecule has 112 valence electrons. The molecule has 0 saturated carbocycles. The Bertz CT molecular complexity index is 627. The van der Waals surface area contributed by atoms with Gasteiger partial charge in [0.1, 0.15) is 22.4 Å². The largest absolute Gasteiger partial charge is 0.370 e. The number of halogens is 1. The van der Waals surface area contributed by atoms with E-state index in [2.05, 4.69) is 20.8 Å². The molecule has 0 unspecified atom stereocenters. The summed E-state index contributed by atoms with van der Waals surface area (Å²) in [5, 5.41) is 9.96. The van der Waals surface area contributed by atoms with E-state index in [4.69, 9.17) is 16.1 Å². The zero-order valence-corrected chi connectivity index (χ0v) is 12.7. The molecule has 21 heavy (non-hydrogen) atoms. The molecule has 1 amide bonds. The highest BCUT2D eigenvalue weighted by molar-refractivity contribution is 6.29. The summed E-state index contributed by atoms with van der Waals surface area (Å²) in [6.07, 6.45) is 0.960. The average molecular weight is 309 g/mol. The number of rotatable bonds is 6. The number of nitrogens with zero attached hydrogens (tertiary/aromatic N) is 2. The Labute approximate surface area is 127 Å². The summed E-state index contributed by atoms with van der Waals surface area (Å²) in [6, 6.07) is 4.97. The van der Waals surface area contributed by atoms with Gasteiger partial charge in [0.05, 0.1) is 6.54 Å². The predicted octanol–water partition coefficient (Wildman–Crippen LogP) is 2.78. The molecule has 0 atom stereocenters. The van der Waals surface area contributed by atoms with Crippen molar-refractivity contribution < 1.29 is 9.32 Å². The molecule has 2 aromatic heterocycles. The van der Waals surface area contributed by atoms with Crippen LogP contribution in [-0.2, 0) is 6.54 Å². The number of hydrogen-bond donors (Lipinski definition) is 2. The molecule has 2 rings (SSSR count). The third kappa shape index (κ3) is 4.46. The van der Waals surface area contributed by atoms with Crippen molar-refractivity contribution in [3.8, 4) is 0 Å². The topological polar surface area (TPSA) is 80.0 Å². The summed E-state index contributed by atoms with van der Waals surface area (Å²) in [5.41, 5.74) is 1.12. The molecule has 7 heteroatoms. The lowest BCUT2D eigenvalue weighted by molar-refractivity contribution is 0.0950. The van der Waals surface area contributed by atoms with Crippen molar-refractivity contribution in [2.24, 2.45) is 0 Å². The van der Waals surface area contributed by atoms with Crippen LogP contribution in [0.2, 0.25) is 5.15 Å². The lowest BCUT2D eigenvalue weighted by Gasteiger charge is -2.08. The number of carbonyl (C=O) groups excluding carboxylic acids is 1. The third-order valence-corrected chi connectivity index (χ3v) is 2.91. The minimum absolute atomic E-state index is 0.237. The molecular formula is C14H17ClN4O2. The van der Waals surface area contributed by atoms with Crippen LogP contribution in [0.5, 0.6) is 0 Å². The predicted molar refractivity (Wildman–Crippen MR) is 80.4 cm³/mol. The van der Waals surface area contributed by atoms with Gasteiger partial charge in [-0.05, 0) is 25.5 Å². The quantitative estimate of drug-likeness (QED) is 0.802. The maximum atomic E-state index is 12.1. The van der Waals surface area contributed by atoms with Crippen LogP contribution in [0.3, 0.4) is 0 Å². The molecule has 6 nitrogen and oxygen atoms in total. The zero-order chi connectivity index (χ0) is 15.2. The number of carbonyl (C=O) groups is 1. The van der Waals surface area contributed by atoms with E-state index < -0.39 is 0 Å². The Morgan fingerprint density at radius 1 is 1.38 bits per heavy atom. The number of nitrogens with one attached hydrogen (secondary N) is 2. The first-order valence-corrected chi connectivity index (χ1v) is 7.08. The molecular weight excluding hydrogens is 292 g/mol. The van der Waals surface area contributed by atoms with Gasteiger partial charge in [-0.3, -0.25) is 4.79 Å². The first kappa shape index (κ1) is 15.3. The summed E-state index contributed by atoms with van der Waals surface area (Å²) in [7, 11) is 0. The van der Waals surface area contributed by atoms with Crippen molar-refractivity contribution in [1.29, 1.82) is 0 Å². The fourth-order valence-electron chi connectivity index (χ4n) is 1.75. The summed E-state index contributed by atoms with van der Waals surface area (Å²) in [5.74, 6) is 1.06. The summed E-state index contributed by atoms with van der Waals surface area (Å²) >= 11 is 5.94. The maximum absolute atomic E-state index is 12.1. The monoisotopic (exact) mass is 308 g/mol. The number of hydrogen-bond acceptors (Lipinski definition) is 5. The van der Waals surface area contributed by atoms with E-state index in [-0.39, 0.29) is 11.1 Å². The third-order valence-electron chi connectivity index (χ3n) is 2.72. The number of aryl methyl sites for hydroxylation is 1. The van der Waals surface area contributed by atoms with E-state index >= 15 is 0 Å². The second-order valence-corrected chi connectivity index (χ2v) is 4.99. The second kappa shape index (κ2) is 7.08. The van der Waals surface area contributed by atoms with Crippen molar-refractivity contribution in [3.05, 3.63) is 40.4 Å². The van der Waals surface area contributed by atoms with Gasteiger partial charge in [0.2, 0.25) is 0 Å². The van der Waals surface area contributed by atoms with Crippen LogP contribution in [0.25, 0.3) is 0 Å². The Morgan fingerprint density at radius 2 is 2.19 bits per heavy atom. The molecule has 0 radical (unpaired) electrons. The van der Waals surface area contributed by atoms with Gasteiger partial charge in [0, 0.05) is 18.2 Å². The number of pyridine rings is 1. The summed E-state index contributed by atoms with van der Waals surface area (Å²) < 4.78 is 4.94. The second-order valence-electron chi connectivity index (χ2n) is 4.60. The first-order valence-electron chi connectivity index (χ1n) is 6.70. The van der Waals surface area contributed by atoms with Crippen molar-refractivity contribution in [2.45, 2.75) is 26.8 Å². The van der Waals surface area contributed by atoms with Crippen molar-refractivity contribution in [3.63, 3.8) is 0 Å². The SMILES string of the molecule is CCCNc1cc(C(=O)NCc2cc(C)on2)cc(Cl)n1. The molecule has 2 heterocycles. The molecule has 0 saturated heterocycles. The van der Waals surface area contributed by atoms with E-state index in [0.717, 1.165) is 13.0 Å². The van der Waals surface area contributed by atoms with Gasteiger partial charge in [0.25, 0.3) is 5.91 Å². The maximum Gasteiger partial charge on any atom is 0.251 e. The van der Waals surface area contributed by atoms with Crippen molar-refractivity contribution in [2.75, 3.05) is 11.9 Å². The molecule has 0 aliphatic heterocycles. The Balaban J connectivity index is 2.02. The Morgan fingerprint density at radius 3 is 2.86 bits per heavy atom. The fourth-order valence-corrected chi connectivity index (χ4v) is 1.95.